The van der Waals surface area contributed by atoms with Gasteiger partial charge in [-0.3, -0.25) is 0 Å². The van der Waals surface area contributed by atoms with Crippen molar-refractivity contribution in [3.63, 3.8) is 0 Å². The molecule has 0 atom stereocenters. The third-order valence-electron chi connectivity index (χ3n) is 11.6. The zero-order valence-electron chi connectivity index (χ0n) is 38.0. The van der Waals surface area contributed by atoms with Crippen LogP contribution in [0.4, 0.5) is 17.1 Å². The average Bonchev–Trinajstić information content (AvgIpc) is 3.85. The number of ether oxygens (including phenoxy) is 2. The summed E-state index contributed by atoms with van der Waals surface area (Å²) in [5.41, 5.74) is 10.2. The number of hydrogen-bond donors (Lipinski definition) is 1. The number of nitrogens with zero attached hydrogens (tertiary/aromatic N) is 4. The fourth-order valence-electron chi connectivity index (χ4n) is 8.08. The van der Waals surface area contributed by atoms with E-state index < -0.39 is 5.97 Å². The molecular formula is C58H54N4O4S. The molecule has 0 aliphatic rings. The van der Waals surface area contributed by atoms with Gasteiger partial charge in [-0.15, -0.1) is 11.3 Å². The van der Waals surface area contributed by atoms with Crippen LogP contribution in [0.25, 0.3) is 61.2 Å². The summed E-state index contributed by atoms with van der Waals surface area (Å²) < 4.78 is 12.3. The third kappa shape index (κ3) is 11.3. The summed E-state index contributed by atoms with van der Waals surface area (Å²) in [6, 6.07) is 55.1. The standard InChI is InChI=1S/C58H54N4O4S/c1-3-5-7-15-37-65-48-29-25-46(26-30-48)62(47-27-31-49(32-28-47)66-38-16-8-6-4-2)45-23-21-41(22-24-45)51-34-35-52(53-36-33-50(67-53)39-44(40-59)58(63)64)57-56(51)60-54(42-17-11-9-12-18-42)55(61-57)43-19-13-10-14-20-43/h9-14,17-36,39H,3-8,15-16,37-38H2,1-2H3,(H,63,64)/b44-39+. The van der Waals surface area contributed by atoms with Gasteiger partial charge in [0.1, 0.15) is 23.1 Å². The van der Waals surface area contributed by atoms with Crippen molar-refractivity contribution in [1.29, 1.82) is 5.26 Å². The van der Waals surface area contributed by atoms with Crippen molar-refractivity contribution in [1.82, 2.24) is 9.97 Å². The zero-order valence-corrected chi connectivity index (χ0v) is 38.8. The van der Waals surface area contributed by atoms with Crippen molar-refractivity contribution >= 4 is 51.5 Å². The second kappa shape index (κ2) is 22.6. The predicted molar refractivity (Wildman–Crippen MR) is 274 cm³/mol. The number of aromatic nitrogens is 2. The van der Waals surface area contributed by atoms with E-state index in [2.05, 4.69) is 91.5 Å². The van der Waals surface area contributed by atoms with Gasteiger partial charge in [0.15, 0.2) is 0 Å². The number of carboxylic acids is 1. The lowest BCUT2D eigenvalue weighted by Gasteiger charge is -2.26. The number of rotatable bonds is 21. The van der Waals surface area contributed by atoms with Crippen LogP contribution in [0, 0.1) is 11.3 Å². The largest absolute Gasteiger partial charge is 0.494 e. The molecule has 0 amide bonds. The van der Waals surface area contributed by atoms with Gasteiger partial charge >= 0.3 is 5.97 Å². The SMILES string of the molecule is CCCCCCOc1ccc(N(c2ccc(OCCCCCC)cc2)c2ccc(-c3ccc(-c4ccc(/C=C(\C#N)C(=O)O)s4)c4nc(-c5ccccc5)c(-c5ccccc5)nc34)cc2)cc1. The van der Waals surface area contributed by atoms with Crippen molar-refractivity contribution in [2.45, 2.75) is 65.2 Å². The van der Waals surface area contributed by atoms with Gasteiger partial charge in [0.2, 0.25) is 0 Å². The minimum atomic E-state index is -1.26. The fraction of sp³-hybridized carbons (Fsp3) is 0.207. The maximum absolute atomic E-state index is 11.7. The lowest BCUT2D eigenvalue weighted by atomic mass is 9.97. The fourth-order valence-corrected chi connectivity index (χ4v) is 9.06. The Labute approximate surface area is 397 Å². The van der Waals surface area contributed by atoms with Crippen LogP contribution >= 0.6 is 11.3 Å². The maximum atomic E-state index is 11.7. The van der Waals surface area contributed by atoms with E-state index in [-0.39, 0.29) is 5.57 Å². The molecule has 0 aliphatic heterocycles. The zero-order chi connectivity index (χ0) is 46.4. The Kier molecular flexibility index (Phi) is 15.5. The molecule has 336 valence electrons. The van der Waals surface area contributed by atoms with Crippen molar-refractivity contribution in [3.8, 4) is 61.7 Å². The Balaban J connectivity index is 1.21. The molecule has 1 N–H and O–H groups in total. The molecule has 67 heavy (non-hydrogen) atoms. The number of aliphatic carboxylic acids is 1. The van der Waals surface area contributed by atoms with Crippen molar-refractivity contribution < 1.29 is 19.4 Å². The van der Waals surface area contributed by atoms with Crippen LogP contribution in [0.5, 0.6) is 11.5 Å². The summed E-state index contributed by atoms with van der Waals surface area (Å²) in [6.45, 7) is 5.84. The molecular weight excluding hydrogens is 849 g/mol. The summed E-state index contributed by atoms with van der Waals surface area (Å²) in [4.78, 5) is 26.4. The molecule has 0 radical (unpaired) electrons. The number of benzene rings is 6. The third-order valence-corrected chi connectivity index (χ3v) is 12.7. The number of thiophene rings is 1. The molecule has 2 aromatic heterocycles. The molecule has 0 fully saturated rings. The number of anilines is 3. The Bertz CT molecular complexity index is 2900. The molecule has 0 unspecified atom stereocenters. The Hall–Kier alpha value is -7.54. The van der Waals surface area contributed by atoms with Gasteiger partial charge in [-0.25, -0.2) is 14.8 Å². The van der Waals surface area contributed by atoms with Crippen molar-refractivity contribution in [2.75, 3.05) is 18.1 Å². The van der Waals surface area contributed by atoms with Crippen LogP contribution in [-0.4, -0.2) is 34.3 Å². The lowest BCUT2D eigenvalue weighted by molar-refractivity contribution is -0.132. The highest BCUT2D eigenvalue weighted by Crippen LogP contribution is 2.42. The molecule has 0 aliphatic carbocycles. The smallest absolute Gasteiger partial charge is 0.346 e. The van der Waals surface area contributed by atoms with Gasteiger partial charge in [-0.2, -0.15) is 5.26 Å². The highest BCUT2D eigenvalue weighted by Gasteiger charge is 2.21. The first-order chi connectivity index (χ1) is 32.9. The number of nitriles is 1. The van der Waals surface area contributed by atoms with E-state index in [1.807, 2.05) is 84.9 Å². The highest BCUT2D eigenvalue weighted by molar-refractivity contribution is 7.16. The van der Waals surface area contributed by atoms with Gasteiger partial charge in [0, 0.05) is 49.1 Å². The van der Waals surface area contributed by atoms with Gasteiger partial charge in [-0.1, -0.05) is 137 Å². The molecule has 2 heterocycles. The van der Waals surface area contributed by atoms with Crippen molar-refractivity contribution in [3.05, 3.63) is 168 Å². The topological polar surface area (TPSA) is 109 Å². The molecule has 8 nitrogen and oxygen atoms in total. The first-order valence-corrected chi connectivity index (χ1v) is 24.0. The van der Waals surface area contributed by atoms with E-state index in [9.17, 15) is 15.2 Å². The summed E-state index contributed by atoms with van der Waals surface area (Å²) in [7, 11) is 0. The summed E-state index contributed by atoms with van der Waals surface area (Å²) in [5.74, 6) is 0.443. The predicted octanol–water partition coefficient (Wildman–Crippen LogP) is 15.7. The highest BCUT2D eigenvalue weighted by atomic mass is 32.1. The van der Waals surface area contributed by atoms with Crippen LogP contribution in [0.3, 0.4) is 0 Å². The van der Waals surface area contributed by atoms with Crippen molar-refractivity contribution in [2.24, 2.45) is 0 Å². The number of hydrogen-bond acceptors (Lipinski definition) is 8. The van der Waals surface area contributed by atoms with E-state index >= 15 is 0 Å². The van der Waals surface area contributed by atoms with Crippen LogP contribution < -0.4 is 14.4 Å². The summed E-state index contributed by atoms with van der Waals surface area (Å²) in [5, 5.41) is 19.0. The molecule has 8 rings (SSSR count). The van der Waals surface area contributed by atoms with Gasteiger partial charge in [0.25, 0.3) is 0 Å². The van der Waals surface area contributed by atoms with Crippen LogP contribution in [0.15, 0.2) is 163 Å². The van der Waals surface area contributed by atoms with E-state index in [1.54, 1.807) is 6.07 Å². The monoisotopic (exact) mass is 902 g/mol. The molecule has 6 aromatic carbocycles. The van der Waals surface area contributed by atoms with E-state index in [1.165, 1.54) is 55.9 Å². The van der Waals surface area contributed by atoms with Gasteiger partial charge in [-0.05, 0) is 97.3 Å². The van der Waals surface area contributed by atoms with Crippen LogP contribution in [-0.2, 0) is 4.79 Å². The number of carbonyl (C=O) groups is 1. The normalized spacial score (nSPS) is 11.3. The molecule has 8 aromatic rings. The molecule has 9 heteroatoms. The summed E-state index contributed by atoms with van der Waals surface area (Å²) in [6.07, 6.45) is 10.6. The summed E-state index contributed by atoms with van der Waals surface area (Å²) >= 11 is 1.40. The number of fused-ring (bicyclic) bond motifs is 1. The van der Waals surface area contributed by atoms with E-state index in [0.717, 1.165) is 91.0 Å². The number of unbranched alkanes of at least 4 members (excludes halogenated alkanes) is 6. The Morgan fingerprint density at radius 2 is 1.06 bits per heavy atom. The maximum Gasteiger partial charge on any atom is 0.346 e. The lowest BCUT2D eigenvalue weighted by Crippen LogP contribution is -2.10. The van der Waals surface area contributed by atoms with Crippen LogP contribution in [0.1, 0.15) is 70.1 Å². The first-order valence-electron chi connectivity index (χ1n) is 23.2. The van der Waals surface area contributed by atoms with Crippen LogP contribution in [0.2, 0.25) is 0 Å². The van der Waals surface area contributed by atoms with E-state index in [4.69, 9.17) is 19.4 Å². The molecule has 0 spiro atoms. The molecule has 0 bridgehead atoms. The first kappa shape index (κ1) is 46.0. The second-order valence-electron chi connectivity index (χ2n) is 16.4. The second-order valence-corrected chi connectivity index (χ2v) is 17.5. The van der Waals surface area contributed by atoms with Gasteiger partial charge < -0.3 is 19.5 Å². The van der Waals surface area contributed by atoms with Gasteiger partial charge in [0.05, 0.1) is 35.6 Å². The molecule has 0 saturated carbocycles. The van der Waals surface area contributed by atoms with E-state index in [0.29, 0.717) is 23.6 Å². The minimum Gasteiger partial charge on any atom is -0.494 e. The Morgan fingerprint density at radius 3 is 1.54 bits per heavy atom. The quantitative estimate of drug-likeness (QED) is 0.0431. The minimum absolute atomic E-state index is 0.326. The number of carboxylic acid groups (broad SMARTS) is 1. The Morgan fingerprint density at radius 1 is 0.582 bits per heavy atom. The average molecular weight is 903 g/mol. The molecule has 0 saturated heterocycles.